The second kappa shape index (κ2) is 3.11. The number of halogens is 1. The molecular weight excluding hydrogens is 210 g/mol. The van der Waals surface area contributed by atoms with Crippen LogP contribution in [0.25, 0.3) is 0 Å². The summed E-state index contributed by atoms with van der Waals surface area (Å²) in [6.45, 7) is 3.14. The van der Waals surface area contributed by atoms with Crippen molar-refractivity contribution in [1.82, 2.24) is 4.90 Å². The predicted octanol–water partition coefficient (Wildman–Crippen LogP) is 1.04. The Balaban J connectivity index is 2.11. The van der Waals surface area contributed by atoms with Gasteiger partial charge in [0.05, 0.1) is 5.75 Å². The maximum Gasteiger partial charge on any atom is 0.233 e. The smallest absolute Gasteiger partial charge is 0.233 e. The second-order valence-electron chi connectivity index (χ2n) is 4.27. The summed E-state index contributed by atoms with van der Waals surface area (Å²) >= 11 is 0. The zero-order chi connectivity index (χ0) is 9.53. The molecule has 3 aliphatic heterocycles. The minimum Gasteiger partial charge on any atom is -0.303 e. The van der Waals surface area contributed by atoms with Crippen molar-refractivity contribution in [2.24, 2.45) is 5.41 Å². The lowest BCUT2D eigenvalue weighted by molar-refractivity contribution is 0.0431. The second-order valence-corrected chi connectivity index (χ2v) is 7.05. The van der Waals surface area contributed by atoms with Gasteiger partial charge >= 0.3 is 0 Å². The molecule has 3 heterocycles. The van der Waals surface area contributed by atoms with Crippen LogP contribution in [0.3, 0.4) is 0 Å². The normalized spacial score (nSPS) is 39.3. The largest absolute Gasteiger partial charge is 0.303 e. The Bertz CT molecular complexity index is 279. The van der Waals surface area contributed by atoms with Crippen LogP contribution in [-0.4, -0.2) is 38.7 Å². The first-order chi connectivity index (χ1) is 5.99. The average molecular weight is 224 g/mol. The molecule has 3 nitrogen and oxygen atoms in total. The third-order valence-corrected chi connectivity index (χ3v) is 4.64. The molecule has 3 fully saturated rings. The van der Waals surface area contributed by atoms with Crippen LogP contribution >= 0.6 is 10.7 Å². The quantitative estimate of drug-likeness (QED) is 0.657. The summed E-state index contributed by atoms with van der Waals surface area (Å²) in [6.07, 6.45) is 3.00. The monoisotopic (exact) mass is 223 g/mol. The van der Waals surface area contributed by atoms with Gasteiger partial charge in [-0.2, -0.15) is 0 Å². The first-order valence-electron chi connectivity index (χ1n) is 4.64. The molecule has 0 spiro atoms. The van der Waals surface area contributed by atoms with E-state index in [1.54, 1.807) is 0 Å². The van der Waals surface area contributed by atoms with Crippen LogP contribution in [0.2, 0.25) is 0 Å². The summed E-state index contributed by atoms with van der Waals surface area (Å²) in [7, 11) is 1.99. The molecule has 0 saturated carbocycles. The zero-order valence-corrected chi connectivity index (χ0v) is 9.07. The van der Waals surface area contributed by atoms with E-state index in [1.807, 2.05) is 0 Å². The number of nitrogens with zero attached hydrogens (tertiary/aromatic N) is 1. The molecule has 76 valence electrons. The van der Waals surface area contributed by atoms with E-state index >= 15 is 0 Å². The Morgan fingerprint density at radius 1 is 1.15 bits per heavy atom. The van der Waals surface area contributed by atoms with E-state index in [0.717, 1.165) is 38.9 Å². The lowest BCUT2D eigenvalue weighted by Crippen LogP contribution is -2.50. The highest BCUT2D eigenvalue weighted by atomic mass is 35.7. The van der Waals surface area contributed by atoms with Gasteiger partial charge in [0.25, 0.3) is 0 Å². The van der Waals surface area contributed by atoms with Crippen LogP contribution in [0.4, 0.5) is 0 Å². The summed E-state index contributed by atoms with van der Waals surface area (Å²) in [5, 5.41) is 0. The molecule has 0 N–H and O–H groups in total. The van der Waals surface area contributed by atoms with Gasteiger partial charge in [0, 0.05) is 10.7 Å². The van der Waals surface area contributed by atoms with Crippen molar-refractivity contribution in [2.45, 2.75) is 19.3 Å². The van der Waals surface area contributed by atoms with Crippen molar-refractivity contribution in [3.05, 3.63) is 0 Å². The van der Waals surface area contributed by atoms with Crippen molar-refractivity contribution in [3.63, 3.8) is 0 Å². The molecule has 0 aromatic heterocycles. The standard InChI is InChI=1S/C8H14ClNO2S/c9-13(11,12)7-8-1-4-10(5-2-8)6-3-8/h1-7H2. The lowest BCUT2D eigenvalue weighted by Gasteiger charge is -2.47. The molecule has 0 atom stereocenters. The highest BCUT2D eigenvalue weighted by Crippen LogP contribution is 2.41. The van der Waals surface area contributed by atoms with E-state index in [-0.39, 0.29) is 11.2 Å². The number of fused-ring (bicyclic) bond motifs is 3. The van der Waals surface area contributed by atoms with Gasteiger partial charge in [-0.05, 0) is 44.3 Å². The molecule has 0 aromatic carbocycles. The maximum atomic E-state index is 11.0. The summed E-state index contributed by atoms with van der Waals surface area (Å²) in [5.41, 5.74) is 0.00926. The topological polar surface area (TPSA) is 37.4 Å². The summed E-state index contributed by atoms with van der Waals surface area (Å²) in [4.78, 5) is 2.39. The SMILES string of the molecule is O=S(=O)(Cl)CC12CCN(CC1)CC2. The van der Waals surface area contributed by atoms with Crippen molar-refractivity contribution < 1.29 is 8.42 Å². The van der Waals surface area contributed by atoms with Crippen molar-refractivity contribution >= 4 is 19.7 Å². The minimum absolute atomic E-state index is 0.00926. The van der Waals surface area contributed by atoms with E-state index in [1.165, 1.54) is 0 Å². The number of rotatable bonds is 2. The third-order valence-electron chi connectivity index (χ3n) is 3.35. The van der Waals surface area contributed by atoms with E-state index < -0.39 is 9.05 Å². The molecule has 0 unspecified atom stereocenters. The van der Waals surface area contributed by atoms with Gasteiger partial charge in [0.2, 0.25) is 9.05 Å². The highest BCUT2D eigenvalue weighted by molar-refractivity contribution is 8.13. The van der Waals surface area contributed by atoms with Gasteiger partial charge in [0.15, 0.2) is 0 Å². The molecule has 2 bridgehead atoms. The molecular formula is C8H14ClNO2S. The number of piperidine rings is 3. The first-order valence-corrected chi connectivity index (χ1v) is 7.12. The Kier molecular flexibility index (Phi) is 2.33. The van der Waals surface area contributed by atoms with Gasteiger partial charge in [-0.25, -0.2) is 8.42 Å². The molecule has 3 saturated heterocycles. The molecule has 3 aliphatic rings. The van der Waals surface area contributed by atoms with Crippen LogP contribution in [0.15, 0.2) is 0 Å². The van der Waals surface area contributed by atoms with Crippen LogP contribution in [0, 0.1) is 5.41 Å². The van der Waals surface area contributed by atoms with Gasteiger partial charge in [-0.15, -0.1) is 0 Å². The maximum absolute atomic E-state index is 11.0. The summed E-state index contributed by atoms with van der Waals surface area (Å²) in [5.74, 6) is 0.176. The lowest BCUT2D eigenvalue weighted by atomic mass is 9.74. The predicted molar refractivity (Wildman–Crippen MR) is 52.4 cm³/mol. The van der Waals surface area contributed by atoms with Crippen molar-refractivity contribution in [2.75, 3.05) is 25.4 Å². The fourth-order valence-corrected chi connectivity index (χ4v) is 4.34. The summed E-state index contributed by atoms with van der Waals surface area (Å²) in [6, 6.07) is 0. The van der Waals surface area contributed by atoms with Crippen LogP contribution < -0.4 is 0 Å². The van der Waals surface area contributed by atoms with E-state index in [2.05, 4.69) is 4.90 Å². The Labute approximate surface area is 83.5 Å². The average Bonchev–Trinajstić information content (AvgIpc) is 2.03. The van der Waals surface area contributed by atoms with E-state index in [4.69, 9.17) is 10.7 Å². The van der Waals surface area contributed by atoms with Crippen LogP contribution in [0.1, 0.15) is 19.3 Å². The van der Waals surface area contributed by atoms with Crippen LogP contribution in [0.5, 0.6) is 0 Å². The molecule has 5 heteroatoms. The molecule has 0 aliphatic carbocycles. The molecule has 0 amide bonds. The summed E-state index contributed by atoms with van der Waals surface area (Å²) < 4.78 is 22.1. The van der Waals surface area contributed by atoms with Crippen molar-refractivity contribution in [1.29, 1.82) is 0 Å². The van der Waals surface area contributed by atoms with Gasteiger partial charge < -0.3 is 4.90 Å². The van der Waals surface area contributed by atoms with Gasteiger partial charge in [-0.3, -0.25) is 0 Å². The number of hydrogen-bond acceptors (Lipinski definition) is 3. The molecule has 13 heavy (non-hydrogen) atoms. The fourth-order valence-electron chi connectivity index (χ4n) is 2.48. The van der Waals surface area contributed by atoms with Crippen molar-refractivity contribution in [3.8, 4) is 0 Å². The first kappa shape index (κ1) is 9.74. The van der Waals surface area contributed by atoms with E-state index in [9.17, 15) is 8.42 Å². The van der Waals surface area contributed by atoms with Crippen LogP contribution in [-0.2, 0) is 9.05 Å². The minimum atomic E-state index is -3.32. The Hall–Kier alpha value is 0.200. The molecule has 0 radical (unpaired) electrons. The van der Waals surface area contributed by atoms with Gasteiger partial charge in [0.1, 0.15) is 0 Å². The Morgan fingerprint density at radius 3 is 2.00 bits per heavy atom. The number of hydrogen-bond donors (Lipinski definition) is 0. The van der Waals surface area contributed by atoms with Gasteiger partial charge in [-0.1, -0.05) is 0 Å². The highest BCUT2D eigenvalue weighted by Gasteiger charge is 2.41. The third kappa shape index (κ3) is 2.17. The molecule has 0 aromatic rings. The van der Waals surface area contributed by atoms with E-state index in [0.29, 0.717) is 0 Å². The Morgan fingerprint density at radius 2 is 1.62 bits per heavy atom. The molecule has 3 rings (SSSR count). The zero-order valence-electron chi connectivity index (χ0n) is 7.50. The fraction of sp³-hybridized carbons (Fsp3) is 1.00.